The molecule has 0 bridgehead atoms. The first-order chi connectivity index (χ1) is 17.9. The van der Waals surface area contributed by atoms with Gasteiger partial charge in [-0.1, -0.05) is 23.7 Å². The van der Waals surface area contributed by atoms with Crippen molar-refractivity contribution in [2.45, 2.75) is 16.6 Å². The van der Waals surface area contributed by atoms with Crippen LogP contribution in [0.3, 0.4) is 0 Å². The fourth-order valence-corrected chi connectivity index (χ4v) is 5.57. The van der Waals surface area contributed by atoms with Crippen LogP contribution in [0.15, 0.2) is 59.5 Å². The van der Waals surface area contributed by atoms with Crippen LogP contribution in [-0.4, -0.2) is 46.8 Å². The van der Waals surface area contributed by atoms with Crippen LogP contribution in [-0.2, 0) is 9.59 Å². The summed E-state index contributed by atoms with van der Waals surface area (Å²) in [6.45, 7) is -0.173. The first-order valence-corrected chi connectivity index (χ1v) is 12.6. The zero-order valence-electron chi connectivity index (χ0n) is 20.9. The van der Waals surface area contributed by atoms with Gasteiger partial charge in [-0.15, -0.1) is 11.8 Å². The highest BCUT2D eigenvalue weighted by atomic mass is 35.5. The van der Waals surface area contributed by atoms with Crippen molar-refractivity contribution in [2.75, 3.05) is 45.2 Å². The van der Waals surface area contributed by atoms with Crippen molar-refractivity contribution >= 4 is 46.6 Å². The zero-order chi connectivity index (χ0) is 26.5. The highest BCUT2D eigenvalue weighted by molar-refractivity contribution is 7.99. The molecule has 0 aliphatic carbocycles. The molecule has 0 fully saturated rings. The summed E-state index contributed by atoms with van der Waals surface area (Å²) in [5.41, 5.74) is 1.94. The summed E-state index contributed by atoms with van der Waals surface area (Å²) >= 11 is 7.64. The maximum Gasteiger partial charge on any atom is 0.244 e. The quantitative estimate of drug-likeness (QED) is 0.397. The number of amides is 2. The van der Waals surface area contributed by atoms with E-state index in [1.807, 2.05) is 36.4 Å². The number of thioether (sulfide) groups is 1. The lowest BCUT2D eigenvalue weighted by Gasteiger charge is -2.22. The number of fused-ring (bicyclic) bond motifs is 1. The molecule has 1 aliphatic heterocycles. The van der Waals surface area contributed by atoms with Gasteiger partial charge in [-0.2, -0.15) is 0 Å². The van der Waals surface area contributed by atoms with Gasteiger partial charge in [0, 0.05) is 21.6 Å². The summed E-state index contributed by atoms with van der Waals surface area (Å²) < 4.78 is 21.8. The predicted molar refractivity (Wildman–Crippen MR) is 145 cm³/mol. The molecule has 1 heterocycles. The van der Waals surface area contributed by atoms with Gasteiger partial charge < -0.3 is 29.2 Å². The summed E-state index contributed by atoms with van der Waals surface area (Å²) in [7, 11) is 6.16. The summed E-state index contributed by atoms with van der Waals surface area (Å²) in [4.78, 5) is 29.0. The van der Waals surface area contributed by atoms with Crippen LogP contribution in [0.25, 0.3) is 0 Å². The SMILES string of the molecule is COc1ccc(Cl)cc1NC(=O)CN1C(=O)C[C@H](c2cc(OC)c(OC)c(OC)c2)Sc2ccccc21. The number of anilines is 2. The van der Waals surface area contributed by atoms with Crippen LogP contribution in [0, 0.1) is 0 Å². The summed E-state index contributed by atoms with van der Waals surface area (Å²) in [6, 6.07) is 16.2. The Labute approximate surface area is 224 Å². The van der Waals surface area contributed by atoms with Crippen LogP contribution >= 0.6 is 23.4 Å². The largest absolute Gasteiger partial charge is 0.495 e. The second kappa shape index (κ2) is 11.7. The van der Waals surface area contributed by atoms with E-state index in [1.165, 1.54) is 12.0 Å². The highest BCUT2D eigenvalue weighted by Crippen LogP contribution is 2.49. The molecule has 0 saturated carbocycles. The lowest BCUT2D eigenvalue weighted by atomic mass is 10.1. The molecule has 4 rings (SSSR count). The molecule has 1 aliphatic rings. The molecule has 0 saturated heterocycles. The number of rotatable bonds is 8. The van der Waals surface area contributed by atoms with Gasteiger partial charge in [0.05, 0.1) is 39.8 Å². The minimum Gasteiger partial charge on any atom is -0.495 e. The van der Waals surface area contributed by atoms with E-state index in [0.717, 1.165) is 10.5 Å². The zero-order valence-corrected chi connectivity index (χ0v) is 22.4. The van der Waals surface area contributed by atoms with E-state index < -0.39 is 0 Å². The van der Waals surface area contributed by atoms with Crippen LogP contribution < -0.4 is 29.2 Å². The van der Waals surface area contributed by atoms with E-state index in [1.54, 1.807) is 51.3 Å². The Kier molecular flexibility index (Phi) is 8.35. The molecule has 8 nitrogen and oxygen atoms in total. The van der Waals surface area contributed by atoms with E-state index >= 15 is 0 Å². The van der Waals surface area contributed by atoms with Gasteiger partial charge in [0.25, 0.3) is 0 Å². The van der Waals surface area contributed by atoms with Gasteiger partial charge in [0.1, 0.15) is 12.3 Å². The standard InChI is InChI=1S/C27H27ClN2O6S/c1-33-20-10-9-17(28)13-18(20)29-25(31)15-30-19-7-5-6-8-23(19)37-24(14-26(30)32)16-11-21(34-2)27(36-4)22(12-16)35-3/h5-13,24H,14-15H2,1-4H3,(H,29,31)/t24-/m1/s1. The molecule has 2 amide bonds. The van der Waals surface area contributed by atoms with Gasteiger partial charge >= 0.3 is 0 Å². The minimum absolute atomic E-state index is 0.158. The maximum atomic E-state index is 13.6. The fraction of sp³-hybridized carbons (Fsp3) is 0.259. The molecule has 3 aromatic carbocycles. The smallest absolute Gasteiger partial charge is 0.244 e. The minimum atomic E-state index is -0.375. The van der Waals surface area contributed by atoms with Gasteiger partial charge in [-0.25, -0.2) is 0 Å². The topological polar surface area (TPSA) is 86.3 Å². The highest BCUT2D eigenvalue weighted by Gasteiger charge is 2.31. The Hall–Kier alpha value is -3.56. The number of halogens is 1. The lowest BCUT2D eigenvalue weighted by Crippen LogP contribution is -2.38. The Morgan fingerprint density at radius 2 is 1.65 bits per heavy atom. The molecule has 1 N–H and O–H groups in total. The molecular weight excluding hydrogens is 516 g/mol. The Balaban J connectivity index is 1.64. The molecule has 10 heteroatoms. The molecule has 0 radical (unpaired) electrons. The van der Waals surface area contributed by atoms with E-state index in [9.17, 15) is 9.59 Å². The van der Waals surface area contributed by atoms with Crippen LogP contribution in [0.5, 0.6) is 23.0 Å². The number of para-hydroxylation sites is 1. The van der Waals surface area contributed by atoms with Gasteiger partial charge in [-0.05, 0) is 48.0 Å². The van der Waals surface area contributed by atoms with Gasteiger partial charge in [0.15, 0.2) is 11.5 Å². The normalized spacial score (nSPS) is 14.9. The van der Waals surface area contributed by atoms with E-state index in [0.29, 0.717) is 39.4 Å². The predicted octanol–water partition coefficient (Wildman–Crippen LogP) is 5.58. The number of methoxy groups -OCH3 is 4. The third kappa shape index (κ3) is 5.73. The van der Waals surface area contributed by atoms with Crippen molar-refractivity contribution < 1.29 is 28.5 Å². The fourth-order valence-electron chi connectivity index (χ4n) is 4.14. The average Bonchev–Trinajstić information content (AvgIpc) is 3.04. The lowest BCUT2D eigenvalue weighted by molar-refractivity contribution is -0.121. The molecule has 194 valence electrons. The van der Waals surface area contributed by atoms with Crippen LogP contribution in [0.2, 0.25) is 5.02 Å². The van der Waals surface area contributed by atoms with Gasteiger partial charge in [0.2, 0.25) is 17.6 Å². The molecule has 0 aromatic heterocycles. The molecule has 3 aromatic rings. The third-order valence-electron chi connectivity index (χ3n) is 5.88. The van der Waals surface area contributed by atoms with Crippen molar-refractivity contribution in [3.05, 3.63) is 65.2 Å². The Morgan fingerprint density at radius 3 is 2.30 bits per heavy atom. The van der Waals surface area contributed by atoms with Crippen LogP contribution in [0.1, 0.15) is 17.2 Å². The van der Waals surface area contributed by atoms with Gasteiger partial charge in [-0.3, -0.25) is 9.59 Å². The third-order valence-corrected chi connectivity index (χ3v) is 7.44. The maximum absolute atomic E-state index is 13.6. The Bertz CT molecular complexity index is 1290. The summed E-state index contributed by atoms with van der Waals surface area (Å²) in [5, 5.41) is 3.02. The molecule has 37 heavy (non-hydrogen) atoms. The average molecular weight is 543 g/mol. The van der Waals surface area contributed by atoms with Crippen molar-refractivity contribution in [3.8, 4) is 23.0 Å². The number of hydrogen-bond donors (Lipinski definition) is 1. The summed E-state index contributed by atoms with van der Waals surface area (Å²) in [5.74, 6) is 1.40. The van der Waals surface area contributed by atoms with E-state index in [2.05, 4.69) is 5.32 Å². The van der Waals surface area contributed by atoms with Crippen molar-refractivity contribution in [1.82, 2.24) is 0 Å². The van der Waals surface area contributed by atoms with Crippen molar-refractivity contribution in [1.29, 1.82) is 0 Å². The number of carbonyl (C=O) groups is 2. The molecular formula is C27H27ClN2O6S. The number of hydrogen-bond acceptors (Lipinski definition) is 7. The Morgan fingerprint density at radius 1 is 0.973 bits per heavy atom. The van der Waals surface area contributed by atoms with Crippen LogP contribution in [0.4, 0.5) is 11.4 Å². The number of carbonyl (C=O) groups excluding carboxylic acids is 2. The van der Waals surface area contributed by atoms with E-state index in [4.69, 9.17) is 30.5 Å². The number of nitrogens with zero attached hydrogens (tertiary/aromatic N) is 1. The monoisotopic (exact) mass is 542 g/mol. The number of ether oxygens (including phenoxy) is 4. The molecule has 0 unspecified atom stereocenters. The van der Waals surface area contributed by atoms with Crippen molar-refractivity contribution in [2.24, 2.45) is 0 Å². The first-order valence-electron chi connectivity index (χ1n) is 11.4. The second-order valence-corrected chi connectivity index (χ2v) is 9.79. The number of benzene rings is 3. The first kappa shape index (κ1) is 26.5. The van der Waals surface area contributed by atoms with Crippen molar-refractivity contribution in [3.63, 3.8) is 0 Å². The molecule has 1 atom stereocenters. The molecule has 0 spiro atoms. The van der Waals surface area contributed by atoms with E-state index in [-0.39, 0.29) is 30.0 Å². The number of nitrogens with one attached hydrogen (secondary N) is 1. The second-order valence-electron chi connectivity index (χ2n) is 8.11. The summed E-state index contributed by atoms with van der Waals surface area (Å²) in [6.07, 6.45) is 0.158.